The summed E-state index contributed by atoms with van der Waals surface area (Å²) in [6, 6.07) is 19.2. The molecule has 26 heavy (non-hydrogen) atoms. The summed E-state index contributed by atoms with van der Waals surface area (Å²) in [7, 11) is 0. The van der Waals surface area contributed by atoms with Crippen molar-refractivity contribution in [1.29, 1.82) is 0 Å². The van der Waals surface area contributed by atoms with Gasteiger partial charge in [0.05, 0.1) is 0 Å². The molecule has 5 heteroatoms. The molecule has 128 valence electrons. The smallest absolute Gasteiger partial charge is 0.169 e. The molecule has 0 N–H and O–H groups in total. The zero-order valence-corrected chi connectivity index (χ0v) is 13.9. The minimum atomic E-state index is 0.508. The summed E-state index contributed by atoms with van der Waals surface area (Å²) in [5.41, 5.74) is 1.02. The lowest BCUT2D eigenvalue weighted by atomic mass is 10.1. The maximum Gasteiger partial charge on any atom is 0.169 e. The van der Waals surface area contributed by atoms with Gasteiger partial charge in [-0.2, -0.15) is 0 Å². The van der Waals surface area contributed by atoms with Gasteiger partial charge in [-0.15, -0.1) is 0 Å². The van der Waals surface area contributed by atoms with Gasteiger partial charge in [-0.25, -0.2) is 0 Å². The first-order valence-electron chi connectivity index (χ1n) is 7.70. The number of carbonyl (C=O) groups excluding carboxylic acids is 3. The van der Waals surface area contributed by atoms with E-state index in [0.717, 1.165) is 34.1 Å². The molecule has 4 rings (SSSR count). The van der Waals surface area contributed by atoms with Gasteiger partial charge in [0.15, 0.2) is 12.6 Å². The minimum Gasteiger partial charge on any atom is -0.307 e. The highest BCUT2D eigenvalue weighted by atomic mass is 16.1. The predicted octanol–water partition coefficient (Wildman–Crippen LogP) is 3.91. The zero-order chi connectivity index (χ0) is 18.8. The highest BCUT2D eigenvalue weighted by Gasteiger charge is 1.98. The van der Waals surface area contributed by atoms with Gasteiger partial charge >= 0.3 is 0 Å². The third-order valence-corrected chi connectivity index (χ3v) is 3.63. The number of pyridine rings is 2. The fourth-order valence-corrected chi connectivity index (χ4v) is 2.47. The van der Waals surface area contributed by atoms with Gasteiger partial charge in [-0.1, -0.05) is 48.5 Å². The molecule has 2 aromatic heterocycles. The summed E-state index contributed by atoms with van der Waals surface area (Å²) in [5, 5.41) is 3.93. The van der Waals surface area contributed by atoms with E-state index in [1.165, 1.54) is 0 Å². The van der Waals surface area contributed by atoms with E-state index in [0.29, 0.717) is 11.4 Å². The molecule has 0 fully saturated rings. The number of aromatic nitrogens is 2. The third kappa shape index (κ3) is 4.21. The largest absolute Gasteiger partial charge is 0.307 e. The second kappa shape index (κ2) is 9.54. The Labute approximate surface area is 150 Å². The van der Waals surface area contributed by atoms with Gasteiger partial charge in [0, 0.05) is 23.2 Å². The third-order valence-electron chi connectivity index (χ3n) is 3.63. The average molecular weight is 344 g/mol. The number of hydrogen-bond acceptors (Lipinski definition) is 5. The normalized spacial score (nSPS) is 9.38. The Hall–Kier alpha value is -3.73. The molecule has 2 heterocycles. The van der Waals surface area contributed by atoms with Crippen molar-refractivity contribution in [2.45, 2.75) is 0 Å². The van der Waals surface area contributed by atoms with Gasteiger partial charge in [0.25, 0.3) is 0 Å². The fourth-order valence-electron chi connectivity index (χ4n) is 2.47. The lowest BCUT2D eigenvalue weighted by molar-refractivity contribution is -0.0980. The molecule has 0 atom stereocenters. The van der Waals surface area contributed by atoms with E-state index in [-0.39, 0.29) is 0 Å². The summed E-state index contributed by atoms with van der Waals surface area (Å²) >= 11 is 0. The molecule has 0 saturated carbocycles. The van der Waals surface area contributed by atoms with Crippen LogP contribution in [0.5, 0.6) is 0 Å². The van der Waals surface area contributed by atoms with Crippen molar-refractivity contribution in [2.75, 3.05) is 0 Å². The number of benzene rings is 2. The number of aldehydes is 2. The number of rotatable bonds is 2. The van der Waals surface area contributed by atoms with E-state index in [1.54, 1.807) is 12.4 Å². The maximum absolute atomic E-state index is 10.6. The Morgan fingerprint density at radius 1 is 0.615 bits per heavy atom. The number of hydrogen-bond donors (Lipinski definition) is 0. The van der Waals surface area contributed by atoms with E-state index in [4.69, 9.17) is 4.79 Å². The lowest BCUT2D eigenvalue weighted by Gasteiger charge is -1.97. The molecule has 0 unspecified atom stereocenters. The molecular formula is C21H16N2O3. The number of fused-ring (bicyclic) bond motifs is 2. The first-order chi connectivity index (χ1) is 12.8. The zero-order valence-electron chi connectivity index (χ0n) is 13.9. The monoisotopic (exact) mass is 344 g/mol. The highest BCUT2D eigenvalue weighted by Crippen LogP contribution is 2.15. The fraction of sp³-hybridized carbons (Fsp3) is 0. The molecule has 0 bridgehead atoms. The standard InChI is InChI=1S/2C10H7NO.CH2O/c2*12-7-10-9-4-2-1-3-8(9)5-6-11-10;1-2/h2*1-7H;1H2. The SMILES string of the molecule is C=O.O=Cc1nccc2ccccc12.O=Cc1nccc2ccccc12. The Kier molecular flexibility index (Phi) is 6.83. The van der Waals surface area contributed by atoms with E-state index in [2.05, 4.69) is 9.97 Å². The second-order valence-corrected chi connectivity index (χ2v) is 5.07. The van der Waals surface area contributed by atoms with Crippen LogP contribution in [0.1, 0.15) is 21.0 Å². The Bertz CT molecular complexity index is 938. The van der Waals surface area contributed by atoms with Crippen LogP contribution < -0.4 is 0 Å². The van der Waals surface area contributed by atoms with Crippen molar-refractivity contribution in [3.8, 4) is 0 Å². The van der Waals surface area contributed by atoms with Crippen molar-refractivity contribution in [1.82, 2.24) is 9.97 Å². The first kappa shape index (κ1) is 18.6. The maximum atomic E-state index is 10.6. The van der Waals surface area contributed by atoms with Crippen LogP contribution in [-0.2, 0) is 4.79 Å². The van der Waals surface area contributed by atoms with Crippen LogP contribution in [0.3, 0.4) is 0 Å². The predicted molar refractivity (Wildman–Crippen MR) is 101 cm³/mol. The lowest BCUT2D eigenvalue weighted by Crippen LogP contribution is -1.86. The van der Waals surface area contributed by atoms with Gasteiger partial charge in [0.2, 0.25) is 0 Å². The van der Waals surface area contributed by atoms with Crippen molar-refractivity contribution in [3.05, 3.63) is 84.4 Å². The summed E-state index contributed by atoms with van der Waals surface area (Å²) in [6.07, 6.45) is 4.85. The summed E-state index contributed by atoms with van der Waals surface area (Å²) in [4.78, 5) is 37.0. The van der Waals surface area contributed by atoms with Crippen LogP contribution in [0.2, 0.25) is 0 Å². The topological polar surface area (TPSA) is 77.0 Å². The molecule has 0 spiro atoms. The van der Waals surface area contributed by atoms with E-state index in [9.17, 15) is 9.59 Å². The highest BCUT2D eigenvalue weighted by molar-refractivity contribution is 5.96. The Balaban J connectivity index is 0.000000171. The Morgan fingerprint density at radius 2 is 1.00 bits per heavy atom. The van der Waals surface area contributed by atoms with Crippen molar-refractivity contribution in [2.24, 2.45) is 0 Å². The van der Waals surface area contributed by atoms with Crippen LogP contribution in [0.4, 0.5) is 0 Å². The number of nitrogens with zero attached hydrogens (tertiary/aromatic N) is 2. The van der Waals surface area contributed by atoms with E-state index < -0.39 is 0 Å². The number of carbonyl (C=O) groups is 3. The first-order valence-corrected chi connectivity index (χ1v) is 7.70. The van der Waals surface area contributed by atoms with Crippen LogP contribution in [-0.4, -0.2) is 29.3 Å². The Morgan fingerprint density at radius 3 is 1.38 bits per heavy atom. The van der Waals surface area contributed by atoms with Gasteiger partial charge in [-0.05, 0) is 22.9 Å². The van der Waals surface area contributed by atoms with Crippen LogP contribution in [0.15, 0.2) is 73.1 Å². The molecule has 0 amide bonds. The quantitative estimate of drug-likeness (QED) is 0.515. The summed E-state index contributed by atoms with van der Waals surface area (Å²) < 4.78 is 0. The molecule has 0 aliphatic heterocycles. The van der Waals surface area contributed by atoms with E-state index >= 15 is 0 Å². The van der Waals surface area contributed by atoms with Crippen LogP contribution >= 0.6 is 0 Å². The molecular weight excluding hydrogens is 328 g/mol. The van der Waals surface area contributed by atoms with Crippen LogP contribution in [0.25, 0.3) is 21.5 Å². The van der Waals surface area contributed by atoms with Crippen molar-refractivity contribution in [3.63, 3.8) is 0 Å². The van der Waals surface area contributed by atoms with Gasteiger partial charge in [0.1, 0.15) is 18.2 Å². The molecule has 4 aromatic rings. The van der Waals surface area contributed by atoms with Crippen LogP contribution in [0, 0.1) is 0 Å². The molecule has 0 aliphatic carbocycles. The summed E-state index contributed by atoms with van der Waals surface area (Å²) in [5.74, 6) is 0. The minimum absolute atomic E-state index is 0.508. The van der Waals surface area contributed by atoms with Crippen molar-refractivity contribution < 1.29 is 14.4 Å². The molecule has 2 aromatic carbocycles. The van der Waals surface area contributed by atoms with Gasteiger partial charge < -0.3 is 4.79 Å². The van der Waals surface area contributed by atoms with Gasteiger partial charge in [-0.3, -0.25) is 19.6 Å². The van der Waals surface area contributed by atoms with Crippen molar-refractivity contribution >= 4 is 40.9 Å². The molecule has 0 saturated heterocycles. The summed E-state index contributed by atoms with van der Waals surface area (Å²) in [6.45, 7) is 2.00. The molecule has 0 aliphatic rings. The van der Waals surface area contributed by atoms with E-state index in [1.807, 2.05) is 67.5 Å². The molecule has 0 radical (unpaired) electrons. The average Bonchev–Trinajstić information content (AvgIpc) is 2.74. The second-order valence-electron chi connectivity index (χ2n) is 5.07. The molecule has 5 nitrogen and oxygen atoms in total.